The Morgan fingerprint density at radius 3 is 2.32 bits per heavy atom. The Bertz CT molecular complexity index is 916. The highest BCUT2D eigenvalue weighted by molar-refractivity contribution is 7.86. The molecule has 0 aliphatic rings. The molecule has 132 valence electrons. The summed E-state index contributed by atoms with van der Waals surface area (Å²) >= 11 is 0. The van der Waals surface area contributed by atoms with Crippen LogP contribution >= 0.6 is 0 Å². The van der Waals surface area contributed by atoms with E-state index < -0.39 is 21.9 Å². The number of carbonyl (C=O) groups excluding carboxylic acids is 1. The van der Waals surface area contributed by atoms with Crippen LogP contribution in [0.2, 0.25) is 0 Å². The minimum absolute atomic E-state index is 0.0312. The number of carbonyl (C=O) groups is 1. The number of hydrogen-bond acceptors (Lipinski definition) is 4. The van der Waals surface area contributed by atoms with E-state index in [1.165, 1.54) is 42.5 Å². The van der Waals surface area contributed by atoms with Crippen molar-refractivity contribution < 1.29 is 30.6 Å². The zero-order valence-electron chi connectivity index (χ0n) is 12.9. The van der Waals surface area contributed by atoms with Gasteiger partial charge in [0.2, 0.25) is 0 Å². The van der Waals surface area contributed by atoms with Gasteiger partial charge in [-0.25, -0.2) is 0 Å². The number of halogens is 3. The van der Waals surface area contributed by atoms with E-state index in [1.54, 1.807) is 0 Å². The van der Waals surface area contributed by atoms with Gasteiger partial charge in [-0.3, -0.25) is 4.79 Å². The molecular formula is C17H13F3O4S. The Kier molecular flexibility index (Phi) is 5.32. The summed E-state index contributed by atoms with van der Waals surface area (Å²) in [5.41, 5.74) is -0.0301. The van der Waals surface area contributed by atoms with Gasteiger partial charge in [0.05, 0.1) is 11.8 Å². The van der Waals surface area contributed by atoms with Gasteiger partial charge in [0.25, 0.3) is 0 Å². The minimum Gasteiger partial charge on any atom is -0.382 e. The zero-order chi connectivity index (χ0) is 18.7. The summed E-state index contributed by atoms with van der Waals surface area (Å²) in [6, 6.07) is 8.67. The van der Waals surface area contributed by atoms with Crippen molar-refractivity contribution in [1.82, 2.24) is 0 Å². The smallest absolute Gasteiger partial charge is 0.382 e. The lowest BCUT2D eigenvalue weighted by atomic mass is 10.1. The molecule has 0 aliphatic heterocycles. The van der Waals surface area contributed by atoms with Crippen molar-refractivity contribution in [2.75, 3.05) is 6.26 Å². The van der Waals surface area contributed by atoms with E-state index in [-0.39, 0.29) is 22.4 Å². The Morgan fingerprint density at radius 2 is 1.72 bits per heavy atom. The summed E-state index contributed by atoms with van der Waals surface area (Å²) in [7, 11) is -3.80. The standard InChI is InChI=1S/C17H13F3O4S/c1-25(22,23)24-16-8-6-13(11-21)9-14(16)7-5-12-3-2-4-15(10-12)17(18,19)20/h2-11H,1H3. The molecule has 0 heterocycles. The highest BCUT2D eigenvalue weighted by Crippen LogP contribution is 2.30. The van der Waals surface area contributed by atoms with Gasteiger partial charge in [-0.05, 0) is 35.9 Å². The third-order valence-corrected chi connectivity index (χ3v) is 3.56. The molecular weight excluding hydrogens is 357 g/mol. The molecule has 0 atom stereocenters. The summed E-state index contributed by atoms with van der Waals surface area (Å²) in [6.07, 6.45) is -0.296. The van der Waals surface area contributed by atoms with Crippen LogP contribution < -0.4 is 4.18 Å². The van der Waals surface area contributed by atoms with Gasteiger partial charge < -0.3 is 4.18 Å². The molecule has 0 fully saturated rings. The number of hydrogen-bond donors (Lipinski definition) is 0. The normalized spacial score (nSPS) is 12.3. The number of benzene rings is 2. The molecule has 0 bridgehead atoms. The van der Waals surface area contributed by atoms with E-state index in [4.69, 9.17) is 4.18 Å². The van der Waals surface area contributed by atoms with Crippen LogP contribution in [0.4, 0.5) is 13.2 Å². The van der Waals surface area contributed by atoms with Crippen molar-refractivity contribution in [3.63, 3.8) is 0 Å². The largest absolute Gasteiger partial charge is 0.416 e. The first-order chi connectivity index (χ1) is 11.6. The van der Waals surface area contributed by atoms with Crippen molar-refractivity contribution in [3.8, 4) is 5.75 Å². The number of alkyl halides is 3. The second kappa shape index (κ2) is 7.10. The lowest BCUT2D eigenvalue weighted by Crippen LogP contribution is -2.07. The van der Waals surface area contributed by atoms with Gasteiger partial charge in [-0.15, -0.1) is 0 Å². The fourth-order valence-electron chi connectivity index (χ4n) is 2.01. The van der Waals surface area contributed by atoms with Crippen LogP contribution in [0.25, 0.3) is 12.2 Å². The molecule has 0 spiro atoms. The molecule has 25 heavy (non-hydrogen) atoms. The predicted octanol–water partition coefficient (Wildman–Crippen LogP) is 4.03. The lowest BCUT2D eigenvalue weighted by molar-refractivity contribution is -0.137. The maximum Gasteiger partial charge on any atom is 0.416 e. The molecule has 2 aromatic rings. The van der Waals surface area contributed by atoms with E-state index in [0.29, 0.717) is 6.29 Å². The third-order valence-electron chi connectivity index (χ3n) is 3.08. The molecule has 2 aromatic carbocycles. The molecule has 0 radical (unpaired) electrons. The molecule has 0 aromatic heterocycles. The van der Waals surface area contributed by atoms with Gasteiger partial charge in [0, 0.05) is 11.1 Å². The first kappa shape index (κ1) is 18.7. The van der Waals surface area contributed by atoms with Crippen LogP contribution in [0.5, 0.6) is 5.75 Å². The number of aldehydes is 1. The molecule has 0 saturated carbocycles. The van der Waals surface area contributed by atoms with Crippen LogP contribution in [0.1, 0.15) is 27.0 Å². The molecule has 0 unspecified atom stereocenters. The molecule has 0 N–H and O–H groups in total. The zero-order valence-corrected chi connectivity index (χ0v) is 13.8. The minimum atomic E-state index is -4.47. The maximum atomic E-state index is 12.7. The summed E-state index contributed by atoms with van der Waals surface area (Å²) in [4.78, 5) is 10.9. The molecule has 0 amide bonds. The van der Waals surface area contributed by atoms with E-state index in [0.717, 1.165) is 18.4 Å². The van der Waals surface area contributed by atoms with Crippen LogP contribution in [0, 0.1) is 0 Å². The van der Waals surface area contributed by atoms with Crippen LogP contribution in [0.15, 0.2) is 42.5 Å². The van der Waals surface area contributed by atoms with E-state index in [2.05, 4.69) is 0 Å². The summed E-state index contributed by atoms with van der Waals surface area (Å²) in [5, 5.41) is 0. The fraction of sp³-hybridized carbons (Fsp3) is 0.118. The Hall–Kier alpha value is -2.61. The quantitative estimate of drug-likeness (QED) is 0.453. The van der Waals surface area contributed by atoms with Gasteiger partial charge in [0.15, 0.2) is 0 Å². The number of rotatable bonds is 5. The first-order valence-corrected chi connectivity index (χ1v) is 8.74. The second-order valence-electron chi connectivity index (χ2n) is 5.16. The average Bonchev–Trinajstić information content (AvgIpc) is 2.52. The van der Waals surface area contributed by atoms with Crippen LogP contribution in [-0.4, -0.2) is 21.0 Å². The average molecular weight is 370 g/mol. The van der Waals surface area contributed by atoms with Gasteiger partial charge in [-0.1, -0.05) is 24.3 Å². The van der Waals surface area contributed by atoms with E-state index in [9.17, 15) is 26.4 Å². The van der Waals surface area contributed by atoms with Crippen molar-refractivity contribution in [2.45, 2.75) is 6.18 Å². The van der Waals surface area contributed by atoms with Crippen molar-refractivity contribution in [3.05, 3.63) is 64.7 Å². The van der Waals surface area contributed by atoms with E-state index in [1.807, 2.05) is 0 Å². The van der Waals surface area contributed by atoms with Crippen molar-refractivity contribution in [2.24, 2.45) is 0 Å². The molecule has 0 aliphatic carbocycles. The highest BCUT2D eigenvalue weighted by atomic mass is 32.2. The SMILES string of the molecule is CS(=O)(=O)Oc1ccc(C=O)cc1C=Cc1cccc(C(F)(F)F)c1. The van der Waals surface area contributed by atoms with E-state index >= 15 is 0 Å². The fourth-order valence-corrected chi connectivity index (χ4v) is 2.49. The van der Waals surface area contributed by atoms with Crippen molar-refractivity contribution >= 4 is 28.6 Å². The Morgan fingerprint density at radius 1 is 1.00 bits per heavy atom. The summed E-state index contributed by atoms with van der Waals surface area (Å²) in [6.45, 7) is 0. The molecule has 2 rings (SSSR count). The lowest BCUT2D eigenvalue weighted by Gasteiger charge is -2.08. The Labute approximate surface area is 142 Å². The van der Waals surface area contributed by atoms with Crippen LogP contribution in [0.3, 0.4) is 0 Å². The van der Waals surface area contributed by atoms with Gasteiger partial charge in [0.1, 0.15) is 12.0 Å². The molecule has 4 nitrogen and oxygen atoms in total. The first-order valence-electron chi connectivity index (χ1n) is 6.92. The van der Waals surface area contributed by atoms with Gasteiger partial charge >= 0.3 is 16.3 Å². The monoisotopic (exact) mass is 370 g/mol. The molecule has 0 saturated heterocycles. The second-order valence-corrected chi connectivity index (χ2v) is 6.73. The predicted molar refractivity (Wildman–Crippen MR) is 87.7 cm³/mol. The van der Waals surface area contributed by atoms with Crippen LogP contribution in [-0.2, 0) is 16.3 Å². The topological polar surface area (TPSA) is 60.4 Å². The van der Waals surface area contributed by atoms with Crippen molar-refractivity contribution in [1.29, 1.82) is 0 Å². The summed E-state index contributed by atoms with van der Waals surface area (Å²) in [5.74, 6) is -0.0312. The third kappa shape index (κ3) is 5.46. The Balaban J connectivity index is 2.41. The molecule has 8 heteroatoms. The summed E-state index contributed by atoms with van der Waals surface area (Å²) < 4.78 is 65.6. The maximum absolute atomic E-state index is 12.7. The van der Waals surface area contributed by atoms with Gasteiger partial charge in [-0.2, -0.15) is 21.6 Å². The highest BCUT2D eigenvalue weighted by Gasteiger charge is 2.30.